The highest BCUT2D eigenvalue weighted by atomic mass is 16.4. The molecule has 0 saturated carbocycles. The van der Waals surface area contributed by atoms with E-state index in [2.05, 4.69) is 0 Å². The van der Waals surface area contributed by atoms with Crippen LogP contribution in [0, 0.1) is 0 Å². The average Bonchev–Trinajstić information content (AvgIpc) is 1.87. The third-order valence-electron chi connectivity index (χ3n) is 1.32. The van der Waals surface area contributed by atoms with E-state index in [0.717, 1.165) is 6.42 Å². The summed E-state index contributed by atoms with van der Waals surface area (Å²) >= 11 is 0. The van der Waals surface area contributed by atoms with Gasteiger partial charge in [-0.3, -0.25) is 0 Å². The molecule has 0 rings (SSSR count). The number of carboxylic acids is 1. The zero-order valence-corrected chi connectivity index (χ0v) is 6.35. The second-order valence-corrected chi connectivity index (χ2v) is 2.21. The van der Waals surface area contributed by atoms with Gasteiger partial charge in [0.1, 0.15) is 0 Å². The summed E-state index contributed by atoms with van der Waals surface area (Å²) in [6, 6.07) is 0. The van der Waals surface area contributed by atoms with Crippen molar-refractivity contribution in [2.45, 2.75) is 26.7 Å². The van der Waals surface area contributed by atoms with Crippen LogP contribution in [0.25, 0.3) is 0 Å². The third kappa shape index (κ3) is 2.53. The predicted octanol–water partition coefficient (Wildman–Crippen LogP) is 1.10. The van der Waals surface area contributed by atoms with Gasteiger partial charge in [0.05, 0.1) is 5.57 Å². The normalized spacial score (nSPS) is 12.6. The summed E-state index contributed by atoms with van der Waals surface area (Å²) in [5, 5.41) is 8.44. The smallest absolute Gasteiger partial charge is 0.333 e. The molecule has 58 valence electrons. The molecule has 3 heteroatoms. The van der Waals surface area contributed by atoms with Gasteiger partial charge in [0, 0.05) is 5.70 Å². The standard InChI is InChI=1S/C7H13NO2/c1-3-4-6(8)5(2)7(9)10/h3-4,8H2,1-2H3,(H,9,10)/b6-5+. The molecule has 0 radical (unpaired) electrons. The molecule has 0 unspecified atom stereocenters. The molecule has 3 nitrogen and oxygen atoms in total. The third-order valence-corrected chi connectivity index (χ3v) is 1.32. The van der Waals surface area contributed by atoms with Gasteiger partial charge in [-0.15, -0.1) is 0 Å². The van der Waals surface area contributed by atoms with Crippen molar-refractivity contribution in [2.75, 3.05) is 0 Å². The lowest BCUT2D eigenvalue weighted by atomic mass is 10.1. The van der Waals surface area contributed by atoms with E-state index in [4.69, 9.17) is 10.8 Å². The molecule has 0 atom stereocenters. The first-order chi connectivity index (χ1) is 4.59. The first-order valence-electron chi connectivity index (χ1n) is 3.28. The van der Waals surface area contributed by atoms with Crippen LogP contribution in [0.3, 0.4) is 0 Å². The zero-order chi connectivity index (χ0) is 8.15. The van der Waals surface area contributed by atoms with E-state index in [-0.39, 0.29) is 5.57 Å². The highest BCUT2D eigenvalue weighted by Gasteiger charge is 2.03. The van der Waals surface area contributed by atoms with Crippen LogP contribution in [-0.2, 0) is 4.79 Å². The number of hydrogen-bond acceptors (Lipinski definition) is 2. The Labute approximate surface area is 60.5 Å². The summed E-state index contributed by atoms with van der Waals surface area (Å²) in [6.45, 7) is 3.48. The molecular formula is C7H13NO2. The molecule has 0 aliphatic carbocycles. The fourth-order valence-corrected chi connectivity index (χ4v) is 0.594. The van der Waals surface area contributed by atoms with Crippen LogP contribution in [0.15, 0.2) is 11.3 Å². The van der Waals surface area contributed by atoms with Crippen molar-refractivity contribution in [3.8, 4) is 0 Å². The summed E-state index contributed by atoms with van der Waals surface area (Å²) in [6.07, 6.45) is 1.55. The van der Waals surface area contributed by atoms with Crippen molar-refractivity contribution in [3.63, 3.8) is 0 Å². The van der Waals surface area contributed by atoms with Crippen LogP contribution in [0.1, 0.15) is 26.7 Å². The molecule has 0 heterocycles. The number of hydrogen-bond donors (Lipinski definition) is 2. The molecule has 0 spiro atoms. The molecule has 0 aliphatic heterocycles. The van der Waals surface area contributed by atoms with E-state index >= 15 is 0 Å². The summed E-state index contributed by atoms with van der Waals surface area (Å²) in [7, 11) is 0. The van der Waals surface area contributed by atoms with Crippen LogP contribution in [0.4, 0.5) is 0 Å². The summed E-state index contributed by atoms with van der Waals surface area (Å²) < 4.78 is 0. The van der Waals surface area contributed by atoms with Crippen molar-refractivity contribution < 1.29 is 9.90 Å². The maximum Gasteiger partial charge on any atom is 0.333 e. The van der Waals surface area contributed by atoms with E-state index in [1.54, 1.807) is 0 Å². The molecule has 0 aliphatic rings. The second kappa shape index (κ2) is 3.93. The Morgan fingerprint density at radius 3 is 2.40 bits per heavy atom. The Morgan fingerprint density at radius 1 is 1.60 bits per heavy atom. The Morgan fingerprint density at radius 2 is 2.10 bits per heavy atom. The van der Waals surface area contributed by atoms with Gasteiger partial charge in [-0.05, 0) is 13.3 Å². The van der Waals surface area contributed by atoms with E-state index in [9.17, 15) is 4.79 Å². The van der Waals surface area contributed by atoms with Gasteiger partial charge >= 0.3 is 5.97 Å². The fraction of sp³-hybridized carbons (Fsp3) is 0.571. The lowest BCUT2D eigenvalue weighted by Gasteiger charge is -2.00. The second-order valence-electron chi connectivity index (χ2n) is 2.21. The highest BCUT2D eigenvalue weighted by molar-refractivity contribution is 5.86. The fourth-order valence-electron chi connectivity index (χ4n) is 0.594. The molecule has 0 saturated heterocycles. The van der Waals surface area contributed by atoms with Gasteiger partial charge in [0.15, 0.2) is 0 Å². The van der Waals surface area contributed by atoms with Crippen LogP contribution in [-0.4, -0.2) is 11.1 Å². The molecule has 0 aromatic heterocycles. The summed E-state index contributed by atoms with van der Waals surface area (Å²) in [4.78, 5) is 10.3. The topological polar surface area (TPSA) is 63.3 Å². The lowest BCUT2D eigenvalue weighted by Crippen LogP contribution is -2.07. The van der Waals surface area contributed by atoms with Crippen molar-refractivity contribution in [1.29, 1.82) is 0 Å². The maximum absolute atomic E-state index is 10.3. The van der Waals surface area contributed by atoms with Gasteiger partial charge in [0.2, 0.25) is 0 Å². The van der Waals surface area contributed by atoms with E-state index < -0.39 is 5.97 Å². The first-order valence-corrected chi connectivity index (χ1v) is 3.28. The summed E-state index contributed by atoms with van der Waals surface area (Å²) in [5.41, 5.74) is 6.17. The van der Waals surface area contributed by atoms with Gasteiger partial charge in [-0.2, -0.15) is 0 Å². The highest BCUT2D eigenvalue weighted by Crippen LogP contribution is 2.04. The molecule has 0 bridgehead atoms. The Bertz CT molecular complexity index is 161. The van der Waals surface area contributed by atoms with Gasteiger partial charge < -0.3 is 10.8 Å². The molecule has 10 heavy (non-hydrogen) atoms. The van der Waals surface area contributed by atoms with Crippen molar-refractivity contribution in [2.24, 2.45) is 5.73 Å². The first kappa shape index (κ1) is 9.01. The SMILES string of the molecule is CCC/C(N)=C(/C)C(=O)O. The minimum Gasteiger partial charge on any atom is -0.478 e. The molecule has 0 fully saturated rings. The zero-order valence-electron chi connectivity index (χ0n) is 6.35. The van der Waals surface area contributed by atoms with Crippen LogP contribution in [0.5, 0.6) is 0 Å². The summed E-state index contributed by atoms with van der Waals surface area (Å²) in [5.74, 6) is -0.925. The van der Waals surface area contributed by atoms with Crippen LogP contribution >= 0.6 is 0 Å². The Balaban J connectivity index is 4.19. The number of rotatable bonds is 3. The number of carbonyl (C=O) groups is 1. The average molecular weight is 143 g/mol. The van der Waals surface area contributed by atoms with Crippen molar-refractivity contribution >= 4 is 5.97 Å². The number of nitrogens with two attached hydrogens (primary N) is 1. The number of allylic oxidation sites excluding steroid dienone is 1. The van der Waals surface area contributed by atoms with E-state index in [1.165, 1.54) is 6.92 Å². The van der Waals surface area contributed by atoms with Crippen LogP contribution in [0.2, 0.25) is 0 Å². The Kier molecular flexibility index (Phi) is 3.54. The minimum absolute atomic E-state index is 0.266. The molecule has 0 aromatic rings. The van der Waals surface area contributed by atoms with Crippen molar-refractivity contribution in [1.82, 2.24) is 0 Å². The van der Waals surface area contributed by atoms with Crippen molar-refractivity contribution in [3.05, 3.63) is 11.3 Å². The predicted molar refractivity (Wildman–Crippen MR) is 39.4 cm³/mol. The molecule has 0 aromatic carbocycles. The largest absolute Gasteiger partial charge is 0.478 e. The van der Waals surface area contributed by atoms with Crippen LogP contribution < -0.4 is 5.73 Å². The van der Waals surface area contributed by atoms with Gasteiger partial charge in [-0.25, -0.2) is 4.79 Å². The quantitative estimate of drug-likeness (QED) is 0.581. The van der Waals surface area contributed by atoms with Gasteiger partial charge in [0.25, 0.3) is 0 Å². The molecule has 0 amide bonds. The monoisotopic (exact) mass is 143 g/mol. The number of carboxylic acid groups (broad SMARTS) is 1. The maximum atomic E-state index is 10.3. The molecular weight excluding hydrogens is 130 g/mol. The Hall–Kier alpha value is -0.990. The van der Waals surface area contributed by atoms with Gasteiger partial charge in [-0.1, -0.05) is 13.3 Å². The number of aliphatic carboxylic acids is 1. The lowest BCUT2D eigenvalue weighted by molar-refractivity contribution is -0.132. The van der Waals surface area contributed by atoms with E-state index in [1.807, 2.05) is 6.92 Å². The molecule has 3 N–H and O–H groups in total. The van der Waals surface area contributed by atoms with E-state index in [0.29, 0.717) is 12.1 Å². The minimum atomic E-state index is -0.925.